The van der Waals surface area contributed by atoms with Gasteiger partial charge in [0, 0.05) is 30.6 Å². The molecule has 0 spiro atoms. The van der Waals surface area contributed by atoms with Crippen molar-refractivity contribution in [1.29, 1.82) is 5.26 Å². The first-order chi connectivity index (χ1) is 10.6. The fourth-order valence-corrected chi connectivity index (χ4v) is 3.88. The zero-order chi connectivity index (χ0) is 15.6. The fourth-order valence-electron chi connectivity index (χ4n) is 2.62. The zero-order valence-corrected chi connectivity index (χ0v) is 12.8. The zero-order valence-electron chi connectivity index (χ0n) is 11.9. The number of nitrogens with one attached hydrogen (secondary N) is 1. The average molecular weight is 316 g/mol. The molecule has 1 N–H and O–H groups in total. The fraction of sp³-hybridized carbons (Fsp3) is 0.333. The van der Waals surface area contributed by atoms with E-state index in [4.69, 9.17) is 5.26 Å². The number of aromatic nitrogens is 1. The first-order valence-corrected chi connectivity index (χ1v) is 8.55. The van der Waals surface area contributed by atoms with Crippen LogP contribution in [-0.4, -0.2) is 30.8 Å². The van der Waals surface area contributed by atoms with Gasteiger partial charge in [0.25, 0.3) is 0 Å². The normalized spacial score (nSPS) is 17.2. The molecular weight excluding hydrogens is 300 g/mol. The summed E-state index contributed by atoms with van der Waals surface area (Å²) in [5, 5.41) is 9.77. The van der Waals surface area contributed by atoms with E-state index >= 15 is 0 Å². The summed E-state index contributed by atoms with van der Waals surface area (Å²) in [6.45, 7) is 0.734. The Hall–Kier alpha value is -2.17. The molecule has 0 aliphatic carbocycles. The number of nitrogens with zero attached hydrogens (tertiary/aromatic N) is 3. The molecule has 7 heteroatoms. The Morgan fingerprint density at radius 1 is 1.23 bits per heavy atom. The van der Waals surface area contributed by atoms with E-state index in [9.17, 15) is 8.42 Å². The van der Waals surface area contributed by atoms with Crippen LogP contribution in [0, 0.1) is 17.2 Å². The Morgan fingerprint density at radius 3 is 2.68 bits per heavy atom. The Kier molecular flexibility index (Phi) is 3.96. The van der Waals surface area contributed by atoms with Gasteiger partial charge in [0.05, 0.1) is 17.3 Å². The van der Waals surface area contributed by atoms with E-state index in [1.54, 1.807) is 18.3 Å². The molecule has 1 aliphatic heterocycles. The maximum absolute atomic E-state index is 12.5. The molecule has 0 radical (unpaired) electrons. The van der Waals surface area contributed by atoms with Gasteiger partial charge in [-0.25, -0.2) is 0 Å². The number of hydrogen-bond acceptors (Lipinski definition) is 4. The van der Waals surface area contributed by atoms with Gasteiger partial charge in [-0.2, -0.15) is 18.0 Å². The molecule has 6 nitrogen and oxygen atoms in total. The molecule has 22 heavy (non-hydrogen) atoms. The quantitative estimate of drug-likeness (QED) is 0.940. The molecule has 0 amide bonds. The second-order valence-corrected chi connectivity index (χ2v) is 6.96. The van der Waals surface area contributed by atoms with Gasteiger partial charge in [0.1, 0.15) is 0 Å². The van der Waals surface area contributed by atoms with Gasteiger partial charge in [-0.05, 0) is 25.0 Å². The number of fused-ring (bicyclic) bond motifs is 1. The second-order valence-electron chi connectivity index (χ2n) is 5.29. The third-order valence-electron chi connectivity index (χ3n) is 3.85. The number of pyridine rings is 1. The monoisotopic (exact) mass is 316 g/mol. The highest BCUT2D eigenvalue weighted by atomic mass is 32.2. The van der Waals surface area contributed by atoms with Gasteiger partial charge in [-0.15, -0.1) is 0 Å². The van der Waals surface area contributed by atoms with Crippen LogP contribution in [-0.2, 0) is 10.2 Å². The predicted octanol–water partition coefficient (Wildman–Crippen LogP) is 2.13. The predicted molar refractivity (Wildman–Crippen MR) is 84.2 cm³/mol. The van der Waals surface area contributed by atoms with Crippen molar-refractivity contribution in [3.8, 4) is 6.07 Å². The van der Waals surface area contributed by atoms with Gasteiger partial charge in [0.15, 0.2) is 0 Å². The minimum Gasteiger partial charge on any atom is -0.269 e. The lowest BCUT2D eigenvalue weighted by Gasteiger charge is -2.28. The third-order valence-corrected chi connectivity index (χ3v) is 5.37. The lowest BCUT2D eigenvalue weighted by molar-refractivity contribution is 0.311. The standard InChI is InChI=1S/C15H16N4O2S/c16-11-12-6-9-19(10-7-12)22(20,21)18-14-5-1-3-13-4-2-8-17-15(13)14/h1-5,8,12,18H,6-7,9-10H2. The number of benzene rings is 1. The number of rotatable bonds is 3. The smallest absolute Gasteiger partial charge is 0.269 e. The first kappa shape index (κ1) is 14.8. The lowest BCUT2D eigenvalue weighted by atomic mass is 10.0. The lowest BCUT2D eigenvalue weighted by Crippen LogP contribution is -2.41. The Bertz CT molecular complexity index is 816. The SMILES string of the molecule is N#CC1CCN(S(=O)(=O)Nc2cccc3cccnc23)CC1. The minimum absolute atomic E-state index is 0.0503. The van der Waals surface area contributed by atoms with Crippen molar-refractivity contribution < 1.29 is 8.42 Å². The van der Waals surface area contributed by atoms with Crippen molar-refractivity contribution in [3.05, 3.63) is 36.5 Å². The van der Waals surface area contributed by atoms with Gasteiger partial charge < -0.3 is 0 Å². The maximum Gasteiger partial charge on any atom is 0.301 e. The topological polar surface area (TPSA) is 86.1 Å². The summed E-state index contributed by atoms with van der Waals surface area (Å²) >= 11 is 0. The van der Waals surface area contributed by atoms with Crippen LogP contribution in [0.2, 0.25) is 0 Å². The van der Waals surface area contributed by atoms with E-state index in [-0.39, 0.29) is 5.92 Å². The number of anilines is 1. The Balaban J connectivity index is 1.84. The molecule has 114 valence electrons. The molecule has 3 rings (SSSR count). The van der Waals surface area contributed by atoms with Crippen molar-refractivity contribution in [3.63, 3.8) is 0 Å². The summed E-state index contributed by atoms with van der Waals surface area (Å²) in [5.41, 5.74) is 1.10. The van der Waals surface area contributed by atoms with Crippen LogP contribution in [0.4, 0.5) is 5.69 Å². The van der Waals surface area contributed by atoms with Crippen molar-refractivity contribution in [2.75, 3.05) is 17.8 Å². The highest BCUT2D eigenvalue weighted by Crippen LogP contribution is 2.24. The van der Waals surface area contributed by atoms with E-state index < -0.39 is 10.2 Å². The van der Waals surface area contributed by atoms with Gasteiger partial charge in [-0.1, -0.05) is 18.2 Å². The van der Waals surface area contributed by atoms with Gasteiger partial charge >= 0.3 is 10.2 Å². The molecule has 0 bridgehead atoms. The summed E-state index contributed by atoms with van der Waals surface area (Å²) in [4.78, 5) is 4.25. The molecule has 2 heterocycles. The molecule has 2 aromatic rings. The molecule has 1 fully saturated rings. The number of nitriles is 1. The average Bonchev–Trinajstić information content (AvgIpc) is 2.55. The number of hydrogen-bond donors (Lipinski definition) is 1. The van der Waals surface area contributed by atoms with Crippen LogP contribution in [0.25, 0.3) is 10.9 Å². The van der Waals surface area contributed by atoms with Crippen molar-refractivity contribution in [2.24, 2.45) is 5.92 Å². The number of para-hydroxylation sites is 1. The van der Waals surface area contributed by atoms with E-state index in [0.717, 1.165) is 5.39 Å². The Morgan fingerprint density at radius 2 is 1.95 bits per heavy atom. The highest BCUT2D eigenvalue weighted by Gasteiger charge is 2.28. The van der Waals surface area contributed by atoms with Crippen LogP contribution >= 0.6 is 0 Å². The van der Waals surface area contributed by atoms with Crippen LogP contribution in [0.5, 0.6) is 0 Å². The maximum atomic E-state index is 12.5. The summed E-state index contributed by atoms with van der Waals surface area (Å²) in [6.07, 6.45) is 2.79. The number of piperidine rings is 1. The van der Waals surface area contributed by atoms with Crippen LogP contribution in [0.1, 0.15) is 12.8 Å². The molecule has 0 unspecified atom stereocenters. The van der Waals surface area contributed by atoms with E-state index in [0.29, 0.717) is 37.1 Å². The Labute approximate surface area is 129 Å². The van der Waals surface area contributed by atoms with Crippen molar-refractivity contribution in [1.82, 2.24) is 9.29 Å². The third kappa shape index (κ3) is 2.89. The van der Waals surface area contributed by atoms with E-state index in [1.165, 1.54) is 4.31 Å². The van der Waals surface area contributed by atoms with Gasteiger partial charge in [-0.3, -0.25) is 9.71 Å². The molecule has 1 saturated heterocycles. The molecule has 1 aliphatic rings. The second kappa shape index (κ2) is 5.91. The molecule has 0 atom stereocenters. The highest BCUT2D eigenvalue weighted by molar-refractivity contribution is 7.90. The molecular formula is C15H16N4O2S. The van der Waals surface area contributed by atoms with E-state index in [2.05, 4.69) is 15.8 Å². The van der Waals surface area contributed by atoms with E-state index in [1.807, 2.05) is 18.2 Å². The largest absolute Gasteiger partial charge is 0.301 e. The summed E-state index contributed by atoms with van der Waals surface area (Å²) in [5.74, 6) is -0.0503. The van der Waals surface area contributed by atoms with Crippen LogP contribution < -0.4 is 4.72 Å². The summed E-state index contributed by atoms with van der Waals surface area (Å²) < 4.78 is 29.0. The van der Waals surface area contributed by atoms with Gasteiger partial charge in [0.2, 0.25) is 0 Å². The molecule has 0 saturated carbocycles. The molecule has 1 aromatic heterocycles. The first-order valence-electron chi connectivity index (χ1n) is 7.11. The molecule has 1 aromatic carbocycles. The van der Waals surface area contributed by atoms with Crippen LogP contribution in [0.15, 0.2) is 36.5 Å². The van der Waals surface area contributed by atoms with Crippen molar-refractivity contribution >= 4 is 26.8 Å². The van der Waals surface area contributed by atoms with Crippen molar-refractivity contribution in [2.45, 2.75) is 12.8 Å². The minimum atomic E-state index is -3.63. The van der Waals surface area contributed by atoms with Crippen LogP contribution in [0.3, 0.4) is 0 Å². The summed E-state index contributed by atoms with van der Waals surface area (Å²) in [7, 11) is -3.63. The summed E-state index contributed by atoms with van der Waals surface area (Å²) in [6, 6.07) is 11.3.